The van der Waals surface area contributed by atoms with Crippen molar-refractivity contribution in [3.63, 3.8) is 0 Å². The van der Waals surface area contributed by atoms with Crippen LogP contribution < -0.4 is 9.47 Å². The molecule has 4 heterocycles. The molecule has 3 aliphatic heterocycles. The maximum atomic E-state index is 12.8. The van der Waals surface area contributed by atoms with Crippen LogP contribution in [0.1, 0.15) is 23.7 Å². The van der Waals surface area contributed by atoms with Gasteiger partial charge in [-0.3, -0.25) is 9.69 Å². The highest BCUT2D eigenvalue weighted by atomic mass is 16.7. The lowest BCUT2D eigenvalue weighted by molar-refractivity contribution is -0.139. The van der Waals surface area contributed by atoms with Gasteiger partial charge in [-0.15, -0.1) is 0 Å². The Hall–Kier alpha value is -2.54. The minimum atomic E-state index is -0.180. The molecule has 1 amide bonds. The summed E-state index contributed by atoms with van der Waals surface area (Å²) in [4.78, 5) is 21.3. The molecule has 0 N–H and O–H groups in total. The standard InChI is InChI=1S/C18H20N4O3/c23-18(21-4-1-5-21)15-10-20(9-14-7-19-11-22(14)15)8-13-2-3-16-17(6-13)25-12-24-16/h2-3,6-7,11,15H,1,4-5,8-10,12H2. The lowest BCUT2D eigenvalue weighted by Gasteiger charge is -2.39. The number of hydrogen-bond acceptors (Lipinski definition) is 5. The molecule has 0 spiro atoms. The number of nitrogens with zero attached hydrogens (tertiary/aromatic N) is 4. The average molecular weight is 340 g/mol. The van der Waals surface area contributed by atoms with E-state index in [1.165, 1.54) is 0 Å². The van der Waals surface area contributed by atoms with E-state index in [1.807, 2.05) is 27.8 Å². The number of fused-ring (bicyclic) bond motifs is 2. The molecule has 0 aliphatic carbocycles. The van der Waals surface area contributed by atoms with Crippen LogP contribution in [0.4, 0.5) is 0 Å². The van der Waals surface area contributed by atoms with E-state index in [9.17, 15) is 4.79 Å². The lowest BCUT2D eigenvalue weighted by atomic mass is 10.1. The SMILES string of the molecule is O=C(C1CN(Cc2ccc3c(c2)OCO3)Cc2cncn21)N1CCC1. The second kappa shape index (κ2) is 5.77. The predicted octanol–water partition coefficient (Wildman–Crippen LogP) is 1.40. The summed E-state index contributed by atoms with van der Waals surface area (Å²) in [5, 5.41) is 0. The van der Waals surface area contributed by atoms with E-state index >= 15 is 0 Å². The summed E-state index contributed by atoms with van der Waals surface area (Å²) >= 11 is 0. The van der Waals surface area contributed by atoms with Gasteiger partial charge in [0.25, 0.3) is 0 Å². The number of ether oxygens (including phenoxy) is 2. The second-order valence-electron chi connectivity index (χ2n) is 6.84. The topological polar surface area (TPSA) is 59.8 Å². The van der Waals surface area contributed by atoms with Gasteiger partial charge in [-0.1, -0.05) is 6.07 Å². The first kappa shape index (κ1) is 14.8. The van der Waals surface area contributed by atoms with E-state index in [1.54, 1.807) is 6.33 Å². The van der Waals surface area contributed by atoms with E-state index in [-0.39, 0.29) is 18.7 Å². The van der Waals surface area contributed by atoms with Crippen molar-refractivity contribution < 1.29 is 14.3 Å². The molecule has 130 valence electrons. The van der Waals surface area contributed by atoms with E-state index in [0.29, 0.717) is 6.54 Å². The number of benzene rings is 1. The van der Waals surface area contributed by atoms with E-state index in [0.717, 1.165) is 55.4 Å². The van der Waals surface area contributed by atoms with Gasteiger partial charge in [-0.05, 0) is 24.1 Å². The molecule has 0 saturated carbocycles. The van der Waals surface area contributed by atoms with Crippen LogP contribution in [0, 0.1) is 0 Å². The minimum Gasteiger partial charge on any atom is -0.454 e. The summed E-state index contributed by atoms with van der Waals surface area (Å²) in [6.45, 7) is 4.30. The highest BCUT2D eigenvalue weighted by molar-refractivity contribution is 5.81. The van der Waals surface area contributed by atoms with Gasteiger partial charge < -0.3 is 18.9 Å². The molecule has 5 rings (SSSR count). The molecule has 1 atom stereocenters. The van der Waals surface area contributed by atoms with Crippen molar-refractivity contribution >= 4 is 5.91 Å². The van der Waals surface area contributed by atoms with Crippen molar-refractivity contribution in [2.75, 3.05) is 26.4 Å². The van der Waals surface area contributed by atoms with Crippen LogP contribution in [0.2, 0.25) is 0 Å². The molecule has 1 aromatic carbocycles. The average Bonchev–Trinajstić information content (AvgIpc) is 3.20. The number of carbonyl (C=O) groups is 1. The van der Waals surface area contributed by atoms with Crippen molar-refractivity contribution in [1.82, 2.24) is 19.4 Å². The molecule has 25 heavy (non-hydrogen) atoms. The van der Waals surface area contributed by atoms with Crippen LogP contribution in [0.5, 0.6) is 11.5 Å². The first-order valence-corrected chi connectivity index (χ1v) is 8.68. The Morgan fingerprint density at radius 3 is 2.96 bits per heavy atom. The van der Waals surface area contributed by atoms with Crippen LogP contribution in [0.25, 0.3) is 0 Å². The number of hydrogen-bond donors (Lipinski definition) is 0. The molecular formula is C18H20N4O3. The quantitative estimate of drug-likeness (QED) is 0.845. The summed E-state index contributed by atoms with van der Waals surface area (Å²) in [5.41, 5.74) is 2.25. The van der Waals surface area contributed by atoms with Crippen LogP contribution >= 0.6 is 0 Å². The molecule has 3 aliphatic rings. The Morgan fingerprint density at radius 2 is 2.12 bits per heavy atom. The number of imidazole rings is 1. The third kappa shape index (κ3) is 2.55. The Bertz CT molecular complexity index is 814. The Kier molecular flexibility index (Phi) is 3.41. The van der Waals surface area contributed by atoms with Crippen molar-refractivity contribution in [2.24, 2.45) is 0 Å². The van der Waals surface area contributed by atoms with Crippen LogP contribution in [0.15, 0.2) is 30.7 Å². The fourth-order valence-electron chi connectivity index (χ4n) is 3.72. The molecule has 1 saturated heterocycles. The van der Waals surface area contributed by atoms with Gasteiger partial charge in [0.05, 0.1) is 12.0 Å². The fraction of sp³-hybridized carbons (Fsp3) is 0.444. The monoisotopic (exact) mass is 340 g/mol. The van der Waals surface area contributed by atoms with Gasteiger partial charge in [0.1, 0.15) is 6.04 Å². The van der Waals surface area contributed by atoms with Gasteiger partial charge in [-0.25, -0.2) is 4.98 Å². The summed E-state index contributed by atoms with van der Waals surface area (Å²) in [6, 6.07) is 5.86. The first-order chi connectivity index (χ1) is 12.3. The van der Waals surface area contributed by atoms with Gasteiger partial charge in [-0.2, -0.15) is 0 Å². The minimum absolute atomic E-state index is 0.180. The number of carbonyl (C=O) groups excluding carboxylic acids is 1. The highest BCUT2D eigenvalue weighted by Gasteiger charge is 2.34. The molecule has 1 aromatic heterocycles. The fourth-order valence-corrected chi connectivity index (χ4v) is 3.72. The Morgan fingerprint density at radius 1 is 1.24 bits per heavy atom. The largest absolute Gasteiger partial charge is 0.454 e. The molecule has 0 radical (unpaired) electrons. The molecule has 7 nitrogen and oxygen atoms in total. The third-order valence-electron chi connectivity index (χ3n) is 5.19. The van der Waals surface area contributed by atoms with E-state index in [2.05, 4.69) is 16.0 Å². The maximum Gasteiger partial charge on any atom is 0.247 e. The molecule has 1 unspecified atom stereocenters. The summed E-state index contributed by atoms with van der Waals surface area (Å²) in [7, 11) is 0. The van der Waals surface area contributed by atoms with Gasteiger partial charge >= 0.3 is 0 Å². The summed E-state index contributed by atoms with van der Waals surface area (Å²) in [6.07, 6.45) is 4.76. The van der Waals surface area contributed by atoms with Crippen molar-refractivity contribution in [2.45, 2.75) is 25.6 Å². The maximum absolute atomic E-state index is 12.8. The van der Waals surface area contributed by atoms with E-state index < -0.39 is 0 Å². The summed E-state index contributed by atoms with van der Waals surface area (Å²) < 4.78 is 12.9. The molecule has 1 fully saturated rings. The second-order valence-corrected chi connectivity index (χ2v) is 6.84. The van der Waals surface area contributed by atoms with Crippen LogP contribution in [-0.2, 0) is 17.9 Å². The van der Waals surface area contributed by atoms with Crippen molar-refractivity contribution in [3.05, 3.63) is 42.0 Å². The number of amides is 1. The van der Waals surface area contributed by atoms with Gasteiger partial charge in [0, 0.05) is 38.9 Å². The first-order valence-electron chi connectivity index (χ1n) is 8.68. The molecule has 7 heteroatoms. The zero-order valence-electron chi connectivity index (χ0n) is 13.9. The zero-order valence-corrected chi connectivity index (χ0v) is 13.9. The smallest absolute Gasteiger partial charge is 0.247 e. The van der Waals surface area contributed by atoms with Crippen LogP contribution in [-0.4, -0.2) is 51.7 Å². The lowest BCUT2D eigenvalue weighted by Crippen LogP contribution is -2.50. The zero-order chi connectivity index (χ0) is 16.8. The van der Waals surface area contributed by atoms with Crippen molar-refractivity contribution in [3.8, 4) is 11.5 Å². The van der Waals surface area contributed by atoms with E-state index in [4.69, 9.17) is 9.47 Å². The van der Waals surface area contributed by atoms with Crippen molar-refractivity contribution in [1.29, 1.82) is 0 Å². The highest BCUT2D eigenvalue weighted by Crippen LogP contribution is 2.33. The Balaban J connectivity index is 1.37. The molecule has 0 bridgehead atoms. The molecule has 2 aromatic rings. The number of aromatic nitrogens is 2. The molecular weight excluding hydrogens is 320 g/mol. The van der Waals surface area contributed by atoms with Gasteiger partial charge in [0.15, 0.2) is 11.5 Å². The Labute approximate surface area is 145 Å². The van der Waals surface area contributed by atoms with Gasteiger partial charge in [0.2, 0.25) is 12.7 Å². The summed E-state index contributed by atoms with van der Waals surface area (Å²) in [5.74, 6) is 1.81. The predicted molar refractivity (Wildman–Crippen MR) is 89.1 cm³/mol. The normalized spacial score (nSPS) is 21.8. The number of rotatable bonds is 3. The van der Waals surface area contributed by atoms with Crippen LogP contribution in [0.3, 0.4) is 0 Å². The third-order valence-corrected chi connectivity index (χ3v) is 5.19. The number of likely N-dealkylation sites (tertiary alicyclic amines) is 1.